The van der Waals surface area contributed by atoms with Gasteiger partial charge in [-0.2, -0.15) is 0 Å². The second-order valence-electron chi connectivity index (χ2n) is 5.97. The standard InChI is InChI=1S/C20H19N3OS2/c1-2-14-5-3-6-15(13-14)22-19(24)17-8-9-18(26-17)23-11-12-25-20-16(23)7-4-10-21-20/h3-10,13H,2,11-12H2,1H3,(H,22,24). The van der Waals surface area contributed by atoms with Crippen LogP contribution in [0.1, 0.15) is 22.2 Å². The van der Waals surface area contributed by atoms with Crippen LogP contribution in [0, 0.1) is 0 Å². The van der Waals surface area contributed by atoms with Gasteiger partial charge in [0.1, 0.15) is 5.03 Å². The van der Waals surface area contributed by atoms with Crippen molar-refractivity contribution in [2.45, 2.75) is 18.4 Å². The van der Waals surface area contributed by atoms with Gasteiger partial charge in [0.05, 0.1) is 15.6 Å². The lowest BCUT2D eigenvalue weighted by Gasteiger charge is -2.28. The molecule has 6 heteroatoms. The van der Waals surface area contributed by atoms with Crippen LogP contribution in [0.2, 0.25) is 0 Å². The highest BCUT2D eigenvalue weighted by molar-refractivity contribution is 7.99. The highest BCUT2D eigenvalue weighted by Gasteiger charge is 2.21. The van der Waals surface area contributed by atoms with E-state index in [4.69, 9.17) is 0 Å². The Morgan fingerprint density at radius 3 is 3.04 bits per heavy atom. The number of fused-ring (bicyclic) bond motifs is 1. The van der Waals surface area contributed by atoms with Crippen molar-refractivity contribution in [3.8, 4) is 0 Å². The lowest BCUT2D eigenvalue weighted by Crippen LogP contribution is -2.23. The van der Waals surface area contributed by atoms with E-state index in [2.05, 4.69) is 34.3 Å². The minimum Gasteiger partial charge on any atom is -0.330 e. The van der Waals surface area contributed by atoms with Crippen molar-refractivity contribution in [3.63, 3.8) is 0 Å². The maximum absolute atomic E-state index is 12.6. The maximum Gasteiger partial charge on any atom is 0.265 e. The van der Waals surface area contributed by atoms with E-state index >= 15 is 0 Å². The third kappa shape index (κ3) is 3.48. The summed E-state index contributed by atoms with van der Waals surface area (Å²) in [4.78, 5) is 20.0. The predicted molar refractivity (Wildman–Crippen MR) is 110 cm³/mol. The fourth-order valence-electron chi connectivity index (χ4n) is 2.94. The summed E-state index contributed by atoms with van der Waals surface area (Å²) in [7, 11) is 0. The molecule has 1 amide bonds. The number of pyridine rings is 1. The van der Waals surface area contributed by atoms with E-state index in [0.29, 0.717) is 4.88 Å². The molecule has 0 atom stereocenters. The number of aromatic nitrogens is 1. The summed E-state index contributed by atoms with van der Waals surface area (Å²) in [6.07, 6.45) is 2.78. The molecule has 0 bridgehead atoms. The number of rotatable bonds is 4. The van der Waals surface area contributed by atoms with E-state index in [9.17, 15) is 4.79 Å². The van der Waals surface area contributed by atoms with Gasteiger partial charge in [0, 0.05) is 24.2 Å². The molecule has 0 spiro atoms. The zero-order valence-electron chi connectivity index (χ0n) is 14.4. The Hall–Kier alpha value is -2.31. The third-order valence-electron chi connectivity index (χ3n) is 4.27. The van der Waals surface area contributed by atoms with Gasteiger partial charge in [-0.15, -0.1) is 23.1 Å². The van der Waals surface area contributed by atoms with E-state index in [1.54, 1.807) is 11.8 Å². The molecule has 2 aromatic heterocycles. The van der Waals surface area contributed by atoms with E-state index < -0.39 is 0 Å². The molecule has 0 saturated carbocycles. The van der Waals surface area contributed by atoms with Crippen LogP contribution in [0.3, 0.4) is 0 Å². The molecule has 1 aliphatic heterocycles. The van der Waals surface area contributed by atoms with Gasteiger partial charge in [0.15, 0.2) is 0 Å². The monoisotopic (exact) mass is 381 g/mol. The quantitative estimate of drug-likeness (QED) is 0.674. The fourth-order valence-corrected chi connectivity index (χ4v) is 4.81. The second-order valence-corrected chi connectivity index (χ2v) is 8.12. The molecule has 4 nitrogen and oxygen atoms in total. The van der Waals surface area contributed by atoms with E-state index in [-0.39, 0.29) is 5.91 Å². The van der Waals surface area contributed by atoms with E-state index in [1.165, 1.54) is 16.9 Å². The van der Waals surface area contributed by atoms with Gasteiger partial charge in [0.2, 0.25) is 0 Å². The number of nitrogens with zero attached hydrogens (tertiary/aromatic N) is 2. The number of aryl methyl sites for hydroxylation is 1. The van der Waals surface area contributed by atoms with Crippen LogP contribution in [0.15, 0.2) is 59.8 Å². The van der Waals surface area contributed by atoms with Gasteiger partial charge in [-0.3, -0.25) is 4.79 Å². The van der Waals surface area contributed by atoms with Crippen LogP contribution in [0.5, 0.6) is 0 Å². The number of nitrogens with one attached hydrogen (secondary N) is 1. The van der Waals surface area contributed by atoms with Gasteiger partial charge in [-0.1, -0.05) is 19.1 Å². The number of benzene rings is 1. The number of anilines is 3. The molecule has 0 saturated heterocycles. The molecule has 1 aromatic carbocycles. The van der Waals surface area contributed by atoms with Crippen LogP contribution >= 0.6 is 23.1 Å². The van der Waals surface area contributed by atoms with E-state index in [0.717, 1.165) is 40.1 Å². The van der Waals surface area contributed by atoms with Gasteiger partial charge in [-0.25, -0.2) is 4.98 Å². The van der Waals surface area contributed by atoms with Crippen LogP contribution in [-0.2, 0) is 6.42 Å². The van der Waals surface area contributed by atoms with Crippen molar-refractivity contribution >= 4 is 45.4 Å². The zero-order chi connectivity index (χ0) is 17.9. The molecule has 1 aliphatic rings. The second kappa shape index (κ2) is 7.51. The number of thioether (sulfide) groups is 1. The first-order valence-corrected chi connectivity index (χ1v) is 10.4. The Balaban J connectivity index is 1.54. The highest BCUT2D eigenvalue weighted by atomic mass is 32.2. The predicted octanol–water partition coefficient (Wildman–Crippen LogP) is 5.20. The van der Waals surface area contributed by atoms with Gasteiger partial charge in [-0.05, 0) is 48.4 Å². The highest BCUT2D eigenvalue weighted by Crippen LogP contribution is 2.40. The molecule has 132 valence electrons. The Morgan fingerprint density at radius 1 is 1.23 bits per heavy atom. The molecule has 4 rings (SSSR count). The average molecular weight is 382 g/mol. The molecule has 0 fully saturated rings. The number of carbonyl (C=O) groups is 1. The summed E-state index contributed by atoms with van der Waals surface area (Å²) in [6.45, 7) is 3.03. The van der Waals surface area contributed by atoms with Crippen LogP contribution in [0.25, 0.3) is 0 Å². The minimum absolute atomic E-state index is 0.0627. The summed E-state index contributed by atoms with van der Waals surface area (Å²) in [5.41, 5.74) is 3.17. The Bertz CT molecular complexity index is 938. The third-order valence-corrected chi connectivity index (χ3v) is 6.35. The molecule has 3 aromatic rings. The SMILES string of the molecule is CCc1cccc(NC(=O)c2ccc(N3CCSc4ncccc43)s2)c1. The van der Waals surface area contributed by atoms with Crippen molar-refractivity contribution in [2.24, 2.45) is 0 Å². The van der Waals surface area contributed by atoms with Crippen LogP contribution < -0.4 is 10.2 Å². The number of carbonyl (C=O) groups excluding carboxylic acids is 1. The first-order valence-electron chi connectivity index (χ1n) is 8.60. The molecule has 1 N–H and O–H groups in total. The van der Waals surface area contributed by atoms with Gasteiger partial charge in [0.25, 0.3) is 5.91 Å². The number of amides is 1. The molecule has 26 heavy (non-hydrogen) atoms. The summed E-state index contributed by atoms with van der Waals surface area (Å²) in [5.74, 6) is 0.931. The summed E-state index contributed by atoms with van der Waals surface area (Å²) >= 11 is 3.30. The number of hydrogen-bond acceptors (Lipinski definition) is 5. The van der Waals surface area contributed by atoms with Gasteiger partial charge < -0.3 is 10.2 Å². The molecule has 3 heterocycles. The first kappa shape index (κ1) is 17.1. The molecular formula is C20H19N3OS2. The number of hydrogen-bond donors (Lipinski definition) is 1. The van der Waals surface area contributed by atoms with Crippen molar-refractivity contribution < 1.29 is 4.79 Å². The topological polar surface area (TPSA) is 45.2 Å². The maximum atomic E-state index is 12.6. The van der Waals surface area contributed by atoms with Crippen molar-refractivity contribution in [1.82, 2.24) is 4.98 Å². The smallest absolute Gasteiger partial charge is 0.265 e. The molecule has 0 aliphatic carbocycles. The molecule has 0 radical (unpaired) electrons. The van der Waals surface area contributed by atoms with E-state index in [1.807, 2.05) is 42.6 Å². The average Bonchev–Trinajstić information content (AvgIpc) is 3.18. The Labute approximate surface area is 161 Å². The molecular weight excluding hydrogens is 362 g/mol. The lowest BCUT2D eigenvalue weighted by atomic mass is 10.1. The van der Waals surface area contributed by atoms with Crippen LogP contribution in [-0.4, -0.2) is 23.2 Å². The van der Waals surface area contributed by atoms with Gasteiger partial charge >= 0.3 is 0 Å². The fraction of sp³-hybridized carbons (Fsp3) is 0.200. The first-order chi connectivity index (χ1) is 12.7. The zero-order valence-corrected chi connectivity index (χ0v) is 16.1. The molecule has 0 unspecified atom stereocenters. The van der Waals surface area contributed by atoms with Crippen LogP contribution in [0.4, 0.5) is 16.4 Å². The number of thiophene rings is 1. The summed E-state index contributed by atoms with van der Waals surface area (Å²) < 4.78 is 0. The van der Waals surface area contributed by atoms with Crippen molar-refractivity contribution in [2.75, 3.05) is 22.5 Å². The van der Waals surface area contributed by atoms with Crippen molar-refractivity contribution in [3.05, 3.63) is 65.2 Å². The Morgan fingerprint density at radius 2 is 2.15 bits per heavy atom. The normalized spacial score (nSPS) is 13.3. The van der Waals surface area contributed by atoms with Crippen molar-refractivity contribution in [1.29, 1.82) is 0 Å². The summed E-state index contributed by atoms with van der Waals surface area (Å²) in [5, 5.41) is 5.13. The minimum atomic E-state index is -0.0627. The summed E-state index contributed by atoms with van der Waals surface area (Å²) in [6, 6.07) is 16.0. The largest absolute Gasteiger partial charge is 0.330 e. The Kier molecular flexibility index (Phi) is 4.95. The lowest BCUT2D eigenvalue weighted by molar-refractivity contribution is 0.103.